The van der Waals surface area contributed by atoms with Crippen LogP contribution in [0.15, 0.2) is 89.3 Å². The highest BCUT2D eigenvalue weighted by atomic mass is 16.5. The van der Waals surface area contributed by atoms with Crippen molar-refractivity contribution in [2.45, 2.75) is 13.5 Å². The number of furan rings is 1. The van der Waals surface area contributed by atoms with Crippen LogP contribution in [0, 0.1) is 6.92 Å². The highest BCUT2D eigenvalue weighted by molar-refractivity contribution is 6.04. The lowest BCUT2D eigenvalue weighted by atomic mass is 10.1. The summed E-state index contributed by atoms with van der Waals surface area (Å²) in [7, 11) is 0. The number of fused-ring (bicyclic) bond motifs is 2. The molecule has 30 heavy (non-hydrogen) atoms. The van der Waals surface area contributed by atoms with Gasteiger partial charge in [-0.2, -0.15) is 0 Å². The molecule has 146 valence electrons. The number of aromatic nitrogens is 1. The maximum Gasteiger partial charge on any atom is 0.339 e. The third kappa shape index (κ3) is 3.33. The first-order valence-corrected chi connectivity index (χ1v) is 9.79. The van der Waals surface area contributed by atoms with E-state index in [0.717, 1.165) is 33.0 Å². The first-order valence-electron chi connectivity index (χ1n) is 9.79. The first-order chi connectivity index (χ1) is 14.7. The molecule has 0 amide bonds. The van der Waals surface area contributed by atoms with Crippen LogP contribution in [0.3, 0.4) is 0 Å². The third-order valence-corrected chi connectivity index (χ3v) is 5.17. The largest absolute Gasteiger partial charge is 0.460 e. The van der Waals surface area contributed by atoms with E-state index in [4.69, 9.17) is 9.15 Å². The molecule has 5 rings (SSSR count). The minimum atomic E-state index is -0.383. The lowest BCUT2D eigenvalue weighted by Crippen LogP contribution is -2.07. The molecule has 0 spiro atoms. The summed E-state index contributed by atoms with van der Waals surface area (Å²) < 4.78 is 11.4. The van der Waals surface area contributed by atoms with Crippen LogP contribution in [0.2, 0.25) is 0 Å². The molecule has 0 saturated carbocycles. The van der Waals surface area contributed by atoms with Gasteiger partial charge >= 0.3 is 5.97 Å². The van der Waals surface area contributed by atoms with E-state index in [9.17, 15) is 4.79 Å². The molecule has 0 aliphatic heterocycles. The van der Waals surface area contributed by atoms with E-state index in [1.165, 1.54) is 0 Å². The van der Waals surface area contributed by atoms with Crippen molar-refractivity contribution in [3.05, 3.63) is 102 Å². The number of pyridine rings is 1. The number of aryl methyl sites for hydroxylation is 1. The molecule has 0 N–H and O–H groups in total. The van der Waals surface area contributed by atoms with E-state index in [0.29, 0.717) is 17.0 Å². The van der Waals surface area contributed by atoms with Crippen LogP contribution in [0.5, 0.6) is 0 Å². The summed E-state index contributed by atoms with van der Waals surface area (Å²) >= 11 is 0. The van der Waals surface area contributed by atoms with Gasteiger partial charge in [-0.05, 0) is 47.5 Å². The number of benzene rings is 3. The van der Waals surface area contributed by atoms with Gasteiger partial charge in [0.25, 0.3) is 0 Å². The van der Waals surface area contributed by atoms with Crippen LogP contribution in [0.1, 0.15) is 21.7 Å². The molecule has 0 bridgehead atoms. The number of ether oxygens (including phenoxy) is 1. The van der Waals surface area contributed by atoms with E-state index in [1.807, 2.05) is 73.7 Å². The van der Waals surface area contributed by atoms with Crippen molar-refractivity contribution in [1.82, 2.24) is 4.98 Å². The summed E-state index contributed by atoms with van der Waals surface area (Å²) in [6, 6.07) is 27.1. The predicted molar refractivity (Wildman–Crippen MR) is 117 cm³/mol. The van der Waals surface area contributed by atoms with E-state index in [-0.39, 0.29) is 12.6 Å². The number of carbonyl (C=O) groups excluding carboxylic acids is 1. The summed E-state index contributed by atoms with van der Waals surface area (Å²) in [5, 5.41) is 2.96. The smallest absolute Gasteiger partial charge is 0.339 e. The zero-order valence-corrected chi connectivity index (χ0v) is 16.5. The number of nitrogens with zero attached hydrogens (tertiary/aromatic N) is 1. The molecular formula is C26H19NO3. The highest BCUT2D eigenvalue weighted by Gasteiger charge is 2.17. The lowest BCUT2D eigenvalue weighted by Gasteiger charge is -2.11. The van der Waals surface area contributed by atoms with Gasteiger partial charge in [0.1, 0.15) is 18.1 Å². The normalized spacial score (nSPS) is 11.1. The van der Waals surface area contributed by atoms with Crippen molar-refractivity contribution < 1.29 is 13.9 Å². The van der Waals surface area contributed by atoms with Gasteiger partial charge in [-0.1, -0.05) is 60.7 Å². The van der Waals surface area contributed by atoms with Gasteiger partial charge in [-0.15, -0.1) is 0 Å². The van der Waals surface area contributed by atoms with Crippen molar-refractivity contribution in [2.75, 3.05) is 0 Å². The van der Waals surface area contributed by atoms with Crippen molar-refractivity contribution >= 4 is 27.6 Å². The molecule has 0 saturated heterocycles. The van der Waals surface area contributed by atoms with Crippen LogP contribution >= 0.6 is 0 Å². The fourth-order valence-electron chi connectivity index (χ4n) is 3.68. The number of para-hydroxylation sites is 1. The van der Waals surface area contributed by atoms with Gasteiger partial charge in [0.15, 0.2) is 5.76 Å². The quantitative estimate of drug-likeness (QED) is 0.336. The fraction of sp³-hybridized carbons (Fsp3) is 0.0769. The Labute approximate surface area is 173 Å². The summed E-state index contributed by atoms with van der Waals surface area (Å²) in [5.41, 5.74) is 2.78. The van der Waals surface area contributed by atoms with Gasteiger partial charge < -0.3 is 9.15 Å². The Kier molecular flexibility index (Phi) is 4.52. The summed E-state index contributed by atoms with van der Waals surface area (Å²) in [4.78, 5) is 17.7. The topological polar surface area (TPSA) is 52.3 Å². The van der Waals surface area contributed by atoms with E-state index in [2.05, 4.69) is 17.1 Å². The molecule has 0 aliphatic rings. The number of esters is 1. The second-order valence-electron chi connectivity index (χ2n) is 7.20. The molecule has 0 unspecified atom stereocenters. The number of carbonyl (C=O) groups is 1. The average Bonchev–Trinajstić information content (AvgIpc) is 3.23. The van der Waals surface area contributed by atoms with E-state index < -0.39 is 0 Å². The van der Waals surface area contributed by atoms with E-state index >= 15 is 0 Å². The van der Waals surface area contributed by atoms with Crippen LogP contribution in [0.4, 0.5) is 0 Å². The Morgan fingerprint density at radius 1 is 0.900 bits per heavy atom. The molecule has 5 aromatic rings. The SMILES string of the molecule is Cc1ccc(-c2cc(C(=O)OCc3cccc4ccccc34)c3ccccc3n2)o1. The van der Waals surface area contributed by atoms with Gasteiger partial charge in [0.2, 0.25) is 0 Å². The second kappa shape index (κ2) is 7.48. The molecular weight excluding hydrogens is 374 g/mol. The Hall–Kier alpha value is -3.92. The fourth-order valence-corrected chi connectivity index (χ4v) is 3.68. The number of hydrogen-bond acceptors (Lipinski definition) is 4. The lowest BCUT2D eigenvalue weighted by molar-refractivity contribution is 0.0476. The zero-order chi connectivity index (χ0) is 20.5. The summed E-state index contributed by atoms with van der Waals surface area (Å²) in [5.74, 6) is 1.03. The van der Waals surface area contributed by atoms with E-state index in [1.54, 1.807) is 6.07 Å². The van der Waals surface area contributed by atoms with Gasteiger partial charge in [-0.25, -0.2) is 9.78 Å². The minimum absolute atomic E-state index is 0.200. The first kappa shape index (κ1) is 18.1. The Morgan fingerprint density at radius 3 is 2.50 bits per heavy atom. The third-order valence-electron chi connectivity index (χ3n) is 5.17. The molecule has 3 aromatic carbocycles. The maximum absolute atomic E-state index is 13.1. The van der Waals surface area contributed by atoms with Gasteiger partial charge in [-0.3, -0.25) is 0 Å². The highest BCUT2D eigenvalue weighted by Crippen LogP contribution is 2.27. The molecule has 0 radical (unpaired) electrons. The number of rotatable bonds is 4. The molecule has 4 nitrogen and oxygen atoms in total. The molecule has 2 heterocycles. The zero-order valence-electron chi connectivity index (χ0n) is 16.5. The van der Waals surface area contributed by atoms with Gasteiger partial charge in [0, 0.05) is 5.39 Å². The Morgan fingerprint density at radius 2 is 1.67 bits per heavy atom. The second-order valence-corrected chi connectivity index (χ2v) is 7.20. The molecule has 4 heteroatoms. The van der Waals surface area contributed by atoms with Gasteiger partial charge in [0.05, 0.1) is 11.1 Å². The van der Waals surface area contributed by atoms with Crippen LogP contribution < -0.4 is 0 Å². The Bertz CT molecular complexity index is 1380. The van der Waals surface area contributed by atoms with Crippen molar-refractivity contribution in [2.24, 2.45) is 0 Å². The van der Waals surface area contributed by atoms with Crippen LogP contribution in [-0.2, 0) is 11.3 Å². The average molecular weight is 393 g/mol. The summed E-state index contributed by atoms with van der Waals surface area (Å²) in [6.07, 6.45) is 0. The van der Waals surface area contributed by atoms with Crippen molar-refractivity contribution in [3.63, 3.8) is 0 Å². The predicted octanol–water partition coefficient (Wildman–Crippen LogP) is 6.31. The summed E-state index contributed by atoms with van der Waals surface area (Å²) in [6.45, 7) is 2.08. The number of hydrogen-bond donors (Lipinski definition) is 0. The van der Waals surface area contributed by atoms with Crippen molar-refractivity contribution in [3.8, 4) is 11.5 Å². The maximum atomic E-state index is 13.1. The molecule has 0 aliphatic carbocycles. The molecule has 0 fully saturated rings. The van der Waals surface area contributed by atoms with Crippen molar-refractivity contribution in [1.29, 1.82) is 0 Å². The molecule has 0 atom stereocenters. The monoisotopic (exact) mass is 393 g/mol. The molecule has 2 aromatic heterocycles. The minimum Gasteiger partial charge on any atom is -0.460 e. The van der Waals surface area contributed by atoms with Crippen LogP contribution in [0.25, 0.3) is 33.1 Å². The Balaban J connectivity index is 1.51. The van der Waals surface area contributed by atoms with Crippen LogP contribution in [-0.4, -0.2) is 11.0 Å². The standard InChI is InChI=1S/C26H19NO3/c1-17-13-14-25(30-17)24-15-22(21-11-4-5-12-23(21)27-24)26(28)29-16-19-9-6-8-18-7-2-3-10-20(18)19/h2-15H,16H2,1H3.